The fourth-order valence-corrected chi connectivity index (χ4v) is 1.97. The molecule has 1 aromatic rings. The molecule has 0 saturated carbocycles. The Kier molecular flexibility index (Phi) is 7.74. The van der Waals surface area contributed by atoms with Gasteiger partial charge in [-0.05, 0) is 24.3 Å². The Morgan fingerprint density at radius 3 is 2.52 bits per heavy atom. The second-order valence-electron chi connectivity index (χ2n) is 4.76. The van der Waals surface area contributed by atoms with Crippen LogP contribution in [-0.2, 0) is 9.59 Å². The van der Waals surface area contributed by atoms with Gasteiger partial charge in [0, 0.05) is 17.1 Å². The molecule has 0 bridgehead atoms. The zero-order valence-corrected chi connectivity index (χ0v) is 12.7. The number of aliphatic carboxylic acids is 1. The number of hydrogen-bond donors (Lipinski definition) is 3. The van der Waals surface area contributed by atoms with Gasteiger partial charge in [0.15, 0.2) is 0 Å². The number of carboxylic acids is 1. The highest BCUT2D eigenvalue weighted by atomic mass is 35.5. The van der Waals surface area contributed by atoms with Crippen molar-refractivity contribution in [3.63, 3.8) is 0 Å². The Balaban J connectivity index is 2.44. The van der Waals surface area contributed by atoms with Gasteiger partial charge in [-0.1, -0.05) is 11.6 Å². The summed E-state index contributed by atoms with van der Waals surface area (Å²) in [6.45, 7) is 1.57. The maximum Gasteiger partial charge on any atom is 0.230 e. The maximum atomic E-state index is 11.8. The topological polar surface area (TPSA) is 102 Å². The second-order valence-corrected chi connectivity index (χ2v) is 5.20. The standard InChI is InChI=1S/C14H20ClN3O3/c1-16-7-2-8-17-12(14(20)21)9-13(19)18-11-5-3-10(15)4-6-11/h3-6,12,16-17H,2,7-9H2,1H3,(H,18,19)(H,20,21)/p+1/t12-/m0/s1. The minimum atomic E-state index is -1.22. The van der Waals surface area contributed by atoms with Crippen LogP contribution in [0.15, 0.2) is 24.3 Å². The number of amides is 1. The number of hydrogen-bond acceptors (Lipinski definition) is 3. The second kappa shape index (κ2) is 9.33. The molecule has 0 heterocycles. The zero-order valence-electron chi connectivity index (χ0n) is 12.0. The van der Waals surface area contributed by atoms with E-state index in [1.807, 2.05) is 12.4 Å². The monoisotopic (exact) mass is 314 g/mol. The summed E-state index contributed by atoms with van der Waals surface area (Å²) in [5, 5.41) is 17.9. The van der Waals surface area contributed by atoms with Gasteiger partial charge in [0.2, 0.25) is 5.91 Å². The average molecular weight is 315 g/mol. The molecular formula is C14H21ClN3O3+. The number of carboxylic acid groups (broad SMARTS) is 1. The number of rotatable bonds is 9. The first kappa shape index (κ1) is 17.4. The summed E-state index contributed by atoms with van der Waals surface area (Å²) in [7, 11) is 1.95. The molecule has 1 atom stereocenters. The molecule has 116 valence electrons. The summed E-state index contributed by atoms with van der Waals surface area (Å²) in [6.07, 6.45) is 0.750. The summed E-state index contributed by atoms with van der Waals surface area (Å²) < 4.78 is 0. The van der Waals surface area contributed by atoms with E-state index >= 15 is 0 Å². The molecule has 1 amide bonds. The largest absolute Gasteiger partial charge is 0.544 e. The Hall–Kier alpha value is -1.63. The van der Waals surface area contributed by atoms with Gasteiger partial charge >= 0.3 is 0 Å². The van der Waals surface area contributed by atoms with E-state index < -0.39 is 12.0 Å². The first-order chi connectivity index (χ1) is 10.0. The van der Waals surface area contributed by atoms with Crippen LogP contribution >= 0.6 is 11.6 Å². The van der Waals surface area contributed by atoms with Gasteiger partial charge in [-0.25, -0.2) is 0 Å². The zero-order chi connectivity index (χ0) is 15.7. The smallest absolute Gasteiger partial charge is 0.230 e. The normalized spacial score (nSPS) is 11.9. The lowest BCUT2D eigenvalue weighted by molar-refractivity contribution is -0.692. The van der Waals surface area contributed by atoms with Crippen molar-refractivity contribution in [1.82, 2.24) is 0 Å². The molecule has 6 nitrogen and oxygen atoms in total. The van der Waals surface area contributed by atoms with E-state index in [9.17, 15) is 14.7 Å². The van der Waals surface area contributed by atoms with Crippen LogP contribution in [0.5, 0.6) is 0 Å². The maximum absolute atomic E-state index is 11.8. The van der Waals surface area contributed by atoms with Crippen LogP contribution in [0.3, 0.4) is 0 Å². The predicted octanol–water partition coefficient (Wildman–Crippen LogP) is -2.07. The first-order valence-electron chi connectivity index (χ1n) is 6.90. The van der Waals surface area contributed by atoms with Gasteiger partial charge in [0.25, 0.3) is 0 Å². The lowest BCUT2D eigenvalue weighted by Crippen LogP contribution is -2.94. The van der Waals surface area contributed by atoms with Crippen LogP contribution in [0.2, 0.25) is 5.02 Å². The van der Waals surface area contributed by atoms with Crippen molar-refractivity contribution in [2.75, 3.05) is 25.5 Å². The van der Waals surface area contributed by atoms with Crippen LogP contribution in [0.4, 0.5) is 5.69 Å². The molecule has 0 unspecified atom stereocenters. The molecule has 1 rings (SSSR count). The summed E-state index contributed by atoms with van der Waals surface area (Å²) in [5.41, 5.74) is 0.585. The van der Waals surface area contributed by atoms with Crippen molar-refractivity contribution in [3.05, 3.63) is 29.3 Å². The molecule has 0 aliphatic carbocycles. The fraction of sp³-hybridized carbons (Fsp3) is 0.429. The highest BCUT2D eigenvalue weighted by Crippen LogP contribution is 2.13. The van der Waals surface area contributed by atoms with Crippen molar-refractivity contribution in [2.45, 2.75) is 18.9 Å². The minimum absolute atomic E-state index is 0.124. The number of carbonyl (C=O) groups is 2. The molecule has 0 saturated heterocycles. The lowest BCUT2D eigenvalue weighted by Gasteiger charge is -2.16. The van der Waals surface area contributed by atoms with E-state index in [2.05, 4.69) is 5.32 Å². The molecule has 0 fully saturated rings. The van der Waals surface area contributed by atoms with E-state index in [1.165, 1.54) is 0 Å². The van der Waals surface area contributed by atoms with Crippen molar-refractivity contribution in [1.29, 1.82) is 0 Å². The molecule has 0 aromatic heterocycles. The highest BCUT2D eigenvalue weighted by molar-refractivity contribution is 6.30. The van der Waals surface area contributed by atoms with E-state index in [0.29, 0.717) is 17.3 Å². The highest BCUT2D eigenvalue weighted by Gasteiger charge is 2.18. The molecule has 0 radical (unpaired) electrons. The lowest BCUT2D eigenvalue weighted by atomic mass is 10.2. The van der Waals surface area contributed by atoms with Crippen molar-refractivity contribution in [3.8, 4) is 0 Å². The summed E-state index contributed by atoms with van der Waals surface area (Å²) in [4.78, 5) is 22.9. The third-order valence-corrected chi connectivity index (χ3v) is 3.24. The summed E-state index contributed by atoms with van der Waals surface area (Å²) >= 11 is 5.75. The van der Waals surface area contributed by atoms with Gasteiger partial charge in [0.05, 0.1) is 32.5 Å². The molecular weight excluding hydrogens is 294 g/mol. The molecule has 1 aromatic carbocycles. The van der Waals surface area contributed by atoms with Gasteiger partial charge in [-0.3, -0.25) is 4.79 Å². The third-order valence-electron chi connectivity index (χ3n) is 2.98. The quantitative estimate of drug-likeness (QED) is 0.456. The first-order valence-corrected chi connectivity index (χ1v) is 7.28. The fourth-order valence-electron chi connectivity index (χ4n) is 1.85. The number of carbonyl (C=O) groups excluding carboxylic acids is 2. The number of halogens is 1. The molecule has 7 heteroatoms. The molecule has 21 heavy (non-hydrogen) atoms. The van der Waals surface area contributed by atoms with Crippen molar-refractivity contribution >= 4 is 29.2 Å². The van der Waals surface area contributed by atoms with Crippen molar-refractivity contribution < 1.29 is 25.3 Å². The van der Waals surface area contributed by atoms with Gasteiger partial charge < -0.3 is 25.9 Å². The number of nitrogens with two attached hydrogens (primary N) is 2. The van der Waals surface area contributed by atoms with E-state index in [0.717, 1.165) is 13.0 Å². The predicted molar refractivity (Wildman–Crippen MR) is 77.6 cm³/mol. The van der Waals surface area contributed by atoms with Crippen LogP contribution < -0.4 is 21.1 Å². The van der Waals surface area contributed by atoms with Crippen LogP contribution in [0.25, 0.3) is 0 Å². The van der Waals surface area contributed by atoms with Crippen LogP contribution in [0, 0.1) is 0 Å². The third kappa shape index (κ3) is 7.08. The molecule has 0 aliphatic heterocycles. The Morgan fingerprint density at radius 2 is 1.95 bits per heavy atom. The Morgan fingerprint density at radius 1 is 1.29 bits per heavy atom. The average Bonchev–Trinajstić information content (AvgIpc) is 2.44. The van der Waals surface area contributed by atoms with Gasteiger partial charge in [-0.2, -0.15) is 0 Å². The van der Waals surface area contributed by atoms with Gasteiger partial charge in [-0.15, -0.1) is 0 Å². The summed E-state index contributed by atoms with van der Waals surface area (Å²) in [5.74, 6) is -1.58. The van der Waals surface area contributed by atoms with Crippen LogP contribution in [-0.4, -0.2) is 38.1 Å². The number of benzene rings is 1. The Labute approximate surface area is 128 Å². The SMILES string of the molecule is C[NH2+]CCC[NH2+][C@@H](CC(=O)Nc1ccc(Cl)cc1)C(=O)[O-]. The van der Waals surface area contributed by atoms with Crippen molar-refractivity contribution in [2.24, 2.45) is 0 Å². The molecule has 0 spiro atoms. The number of quaternary nitrogens is 2. The molecule has 5 N–H and O–H groups in total. The van der Waals surface area contributed by atoms with E-state index in [-0.39, 0.29) is 12.3 Å². The minimum Gasteiger partial charge on any atom is -0.544 e. The Bertz CT molecular complexity index is 465. The summed E-state index contributed by atoms with van der Waals surface area (Å²) in [6, 6.07) is 5.76. The number of nitrogens with one attached hydrogen (secondary N) is 1. The van der Waals surface area contributed by atoms with Gasteiger partial charge in [0.1, 0.15) is 6.04 Å². The van der Waals surface area contributed by atoms with E-state index in [1.54, 1.807) is 29.6 Å². The van der Waals surface area contributed by atoms with Crippen LogP contribution in [0.1, 0.15) is 12.8 Å². The molecule has 0 aliphatic rings. The number of anilines is 1. The van der Waals surface area contributed by atoms with E-state index in [4.69, 9.17) is 11.6 Å².